The molecule has 1 unspecified atom stereocenters. The molecular formula is C10H7Br2ClFNO3S. The van der Waals surface area contributed by atoms with E-state index >= 15 is 0 Å². The van der Waals surface area contributed by atoms with Gasteiger partial charge in [-0.2, -0.15) is 0 Å². The Labute approximate surface area is 130 Å². The molecule has 4 nitrogen and oxygen atoms in total. The summed E-state index contributed by atoms with van der Waals surface area (Å²) in [6.45, 7) is -0.0481. The van der Waals surface area contributed by atoms with Gasteiger partial charge in [0.2, 0.25) is 15.0 Å². The van der Waals surface area contributed by atoms with Crippen molar-refractivity contribution in [1.29, 1.82) is 0 Å². The molecule has 0 aliphatic carbocycles. The van der Waals surface area contributed by atoms with Crippen molar-refractivity contribution in [3.05, 3.63) is 26.9 Å². The number of carbonyl (C=O) groups excluding carboxylic acids is 1. The molecule has 0 bridgehead atoms. The minimum absolute atomic E-state index is 0.0481. The number of carbonyl (C=O) groups is 1. The molecule has 1 aromatic rings. The van der Waals surface area contributed by atoms with Gasteiger partial charge in [-0.1, -0.05) is 0 Å². The number of hydrogen-bond donors (Lipinski definition) is 0. The fourth-order valence-electron chi connectivity index (χ4n) is 1.87. The zero-order chi connectivity index (χ0) is 14.4. The summed E-state index contributed by atoms with van der Waals surface area (Å²) in [5.74, 6) is -0.849. The Balaban J connectivity index is 2.42. The van der Waals surface area contributed by atoms with Crippen LogP contribution in [0.5, 0.6) is 0 Å². The van der Waals surface area contributed by atoms with Gasteiger partial charge in [-0.05, 0) is 44.0 Å². The van der Waals surface area contributed by atoms with Crippen LogP contribution in [0.2, 0.25) is 0 Å². The van der Waals surface area contributed by atoms with Crippen molar-refractivity contribution in [2.24, 2.45) is 0 Å². The topological polar surface area (TPSA) is 54.5 Å². The Hall–Kier alpha value is -0.180. The van der Waals surface area contributed by atoms with Crippen molar-refractivity contribution in [3.8, 4) is 0 Å². The van der Waals surface area contributed by atoms with Crippen molar-refractivity contribution in [2.45, 2.75) is 11.7 Å². The molecule has 19 heavy (non-hydrogen) atoms. The lowest BCUT2D eigenvalue weighted by Gasteiger charge is -2.19. The van der Waals surface area contributed by atoms with Gasteiger partial charge in [0.15, 0.2) is 0 Å². The van der Waals surface area contributed by atoms with Crippen molar-refractivity contribution in [2.75, 3.05) is 11.4 Å². The third-order valence-electron chi connectivity index (χ3n) is 2.74. The highest BCUT2D eigenvalue weighted by atomic mass is 79.9. The molecule has 1 fully saturated rings. The maximum atomic E-state index is 13.2. The van der Waals surface area contributed by atoms with Crippen LogP contribution in [0.4, 0.5) is 10.1 Å². The average Bonchev–Trinajstić information content (AvgIpc) is 2.59. The minimum atomic E-state index is -3.81. The fraction of sp³-hybridized carbons (Fsp3) is 0.300. The Bertz CT molecular complexity index is 629. The molecule has 1 atom stereocenters. The van der Waals surface area contributed by atoms with Gasteiger partial charge in [-0.15, -0.1) is 0 Å². The molecule has 2 rings (SSSR count). The molecule has 0 radical (unpaired) electrons. The first-order valence-corrected chi connectivity index (χ1v) is 9.04. The average molecular weight is 435 g/mol. The van der Waals surface area contributed by atoms with Gasteiger partial charge in [-0.3, -0.25) is 4.79 Å². The number of halogens is 4. The SMILES string of the molecule is O=C1CC(S(=O)(=O)Cl)CN1c1c(Br)cc(F)cc1Br. The first-order chi connectivity index (χ1) is 8.70. The lowest BCUT2D eigenvalue weighted by Crippen LogP contribution is -2.27. The maximum Gasteiger partial charge on any atom is 0.237 e. The standard InChI is InChI=1S/C10H7Br2ClFNO3S/c11-7-1-5(14)2-8(12)10(7)15-4-6(3-9(15)16)19(13,17)18/h1-2,6H,3-4H2. The molecule has 0 saturated carbocycles. The Kier molecular flexibility index (Phi) is 4.25. The molecule has 1 aromatic carbocycles. The predicted molar refractivity (Wildman–Crippen MR) is 77.3 cm³/mol. The van der Waals surface area contributed by atoms with Crippen LogP contribution in [-0.2, 0) is 13.8 Å². The molecule has 0 aromatic heterocycles. The summed E-state index contributed by atoms with van der Waals surface area (Å²) in [5, 5.41) is -0.953. The molecule has 0 spiro atoms. The van der Waals surface area contributed by atoms with Crippen LogP contribution < -0.4 is 4.90 Å². The second-order valence-corrected chi connectivity index (χ2v) is 8.64. The first kappa shape index (κ1) is 15.2. The highest BCUT2D eigenvalue weighted by Crippen LogP contribution is 2.38. The van der Waals surface area contributed by atoms with E-state index < -0.39 is 20.1 Å². The third kappa shape index (κ3) is 3.12. The van der Waals surface area contributed by atoms with Gasteiger partial charge >= 0.3 is 0 Å². The van der Waals surface area contributed by atoms with E-state index in [4.69, 9.17) is 10.7 Å². The number of amides is 1. The van der Waals surface area contributed by atoms with Crippen molar-refractivity contribution < 1.29 is 17.6 Å². The molecule has 0 N–H and O–H groups in total. The van der Waals surface area contributed by atoms with Crippen LogP contribution in [0.25, 0.3) is 0 Å². The number of rotatable bonds is 2. The van der Waals surface area contributed by atoms with E-state index in [0.717, 1.165) is 0 Å². The van der Waals surface area contributed by atoms with Gasteiger partial charge in [0.25, 0.3) is 0 Å². The lowest BCUT2D eigenvalue weighted by atomic mass is 10.3. The monoisotopic (exact) mass is 433 g/mol. The van der Waals surface area contributed by atoms with Gasteiger partial charge in [0, 0.05) is 32.6 Å². The van der Waals surface area contributed by atoms with E-state index in [2.05, 4.69) is 31.9 Å². The highest BCUT2D eigenvalue weighted by molar-refractivity contribution is 9.11. The zero-order valence-corrected chi connectivity index (χ0v) is 14.0. The van der Waals surface area contributed by atoms with Crippen LogP contribution in [0.1, 0.15) is 6.42 Å². The van der Waals surface area contributed by atoms with Gasteiger partial charge in [0.1, 0.15) is 11.1 Å². The molecule has 1 aliphatic rings. The first-order valence-electron chi connectivity index (χ1n) is 5.08. The normalized spacial score (nSPS) is 20.1. The summed E-state index contributed by atoms with van der Waals surface area (Å²) in [7, 11) is 1.47. The largest absolute Gasteiger partial charge is 0.309 e. The number of nitrogens with zero attached hydrogens (tertiary/aromatic N) is 1. The van der Waals surface area contributed by atoms with E-state index in [9.17, 15) is 17.6 Å². The molecule has 9 heteroatoms. The van der Waals surface area contributed by atoms with Crippen molar-refractivity contribution >= 4 is 63.2 Å². The van der Waals surface area contributed by atoms with E-state index in [1.54, 1.807) is 0 Å². The van der Waals surface area contributed by atoms with Gasteiger partial charge in [0.05, 0.1) is 5.69 Å². The third-order valence-corrected chi connectivity index (χ3v) is 5.82. The zero-order valence-electron chi connectivity index (χ0n) is 9.24. The molecule has 1 saturated heterocycles. The van der Waals surface area contributed by atoms with E-state index in [1.807, 2.05) is 0 Å². The summed E-state index contributed by atoms with van der Waals surface area (Å²) < 4.78 is 36.5. The quantitative estimate of drug-likeness (QED) is 0.671. The second-order valence-electron chi connectivity index (χ2n) is 4.02. The van der Waals surface area contributed by atoms with Crippen LogP contribution in [0.3, 0.4) is 0 Å². The number of hydrogen-bond acceptors (Lipinski definition) is 3. The van der Waals surface area contributed by atoms with E-state index in [-0.39, 0.29) is 18.9 Å². The fourth-order valence-corrected chi connectivity index (χ4v) is 4.46. The van der Waals surface area contributed by atoms with Crippen LogP contribution in [-0.4, -0.2) is 26.1 Å². The Morgan fingerprint density at radius 3 is 2.26 bits per heavy atom. The lowest BCUT2D eigenvalue weighted by molar-refractivity contribution is -0.117. The van der Waals surface area contributed by atoms with E-state index in [0.29, 0.717) is 14.6 Å². The Morgan fingerprint density at radius 2 is 1.84 bits per heavy atom. The maximum absolute atomic E-state index is 13.2. The van der Waals surface area contributed by atoms with E-state index in [1.165, 1.54) is 17.0 Å². The molecule has 1 amide bonds. The number of anilines is 1. The smallest absolute Gasteiger partial charge is 0.237 e. The summed E-state index contributed by atoms with van der Waals surface area (Å²) in [5.41, 5.74) is 0.397. The van der Waals surface area contributed by atoms with Crippen LogP contribution >= 0.6 is 42.5 Å². The number of benzene rings is 1. The highest BCUT2D eigenvalue weighted by Gasteiger charge is 2.39. The van der Waals surface area contributed by atoms with Crippen LogP contribution in [0.15, 0.2) is 21.1 Å². The van der Waals surface area contributed by atoms with Gasteiger partial charge < -0.3 is 4.90 Å². The van der Waals surface area contributed by atoms with Crippen molar-refractivity contribution in [3.63, 3.8) is 0 Å². The summed E-state index contributed by atoms with van der Waals surface area (Å²) in [6, 6.07) is 2.41. The summed E-state index contributed by atoms with van der Waals surface area (Å²) in [4.78, 5) is 13.2. The molecular weight excluding hydrogens is 428 g/mol. The van der Waals surface area contributed by atoms with Gasteiger partial charge in [-0.25, -0.2) is 12.8 Å². The molecule has 104 valence electrons. The predicted octanol–water partition coefficient (Wildman–Crippen LogP) is 3.02. The second kappa shape index (κ2) is 5.31. The minimum Gasteiger partial charge on any atom is -0.309 e. The Morgan fingerprint density at radius 1 is 1.32 bits per heavy atom. The summed E-state index contributed by atoms with van der Waals surface area (Å²) in [6.07, 6.45) is -0.178. The molecule has 1 heterocycles. The molecule has 1 aliphatic heterocycles. The van der Waals surface area contributed by atoms with Crippen molar-refractivity contribution in [1.82, 2.24) is 0 Å². The van der Waals surface area contributed by atoms with Crippen LogP contribution in [0, 0.1) is 5.82 Å². The summed E-state index contributed by atoms with van der Waals surface area (Å²) >= 11 is 6.32.